The molecule has 1 aliphatic heterocycles. The van der Waals surface area contributed by atoms with Crippen LogP contribution in [0, 0.1) is 17.8 Å². The molecule has 1 aromatic heterocycles. The maximum absolute atomic E-state index is 14.0. The Morgan fingerprint density at radius 1 is 1.09 bits per heavy atom. The van der Waals surface area contributed by atoms with Crippen molar-refractivity contribution in [3.8, 4) is 0 Å². The highest BCUT2D eigenvalue weighted by Gasteiger charge is 2.39. The van der Waals surface area contributed by atoms with Gasteiger partial charge in [0, 0.05) is 36.5 Å². The van der Waals surface area contributed by atoms with Crippen molar-refractivity contribution in [3.05, 3.63) is 47.3 Å². The molecule has 13 heteroatoms. The van der Waals surface area contributed by atoms with Gasteiger partial charge in [-0.1, -0.05) is 20.3 Å². The van der Waals surface area contributed by atoms with Crippen LogP contribution in [-0.2, 0) is 22.2 Å². The molecule has 3 atom stereocenters. The number of nitrogens with zero attached hydrogens (tertiary/aromatic N) is 4. The number of aromatic nitrogens is 2. The van der Waals surface area contributed by atoms with Gasteiger partial charge in [0.05, 0.1) is 11.3 Å². The summed E-state index contributed by atoms with van der Waals surface area (Å²) in [4.78, 5) is 50.3. The Morgan fingerprint density at radius 2 is 1.76 bits per heavy atom. The Hall–Kier alpha value is -3.74. The van der Waals surface area contributed by atoms with Crippen molar-refractivity contribution in [1.82, 2.24) is 25.1 Å². The Balaban J connectivity index is 1.47. The van der Waals surface area contributed by atoms with Gasteiger partial charge in [0.25, 0.3) is 5.91 Å². The fraction of sp³-hybridized carbons (Fsp3) is 0.594. The number of benzene rings is 1. The number of primary amides is 1. The number of rotatable bonds is 11. The van der Waals surface area contributed by atoms with Gasteiger partial charge in [-0.15, -0.1) is 0 Å². The summed E-state index contributed by atoms with van der Waals surface area (Å²) in [5.74, 6) is -1.97. The summed E-state index contributed by atoms with van der Waals surface area (Å²) in [6.45, 7) is 5.68. The summed E-state index contributed by atoms with van der Waals surface area (Å²) in [6.07, 6.45) is -0.0873. The number of piperidine rings is 1. The number of carbonyl (C=O) groups excluding carboxylic acids is 3. The van der Waals surface area contributed by atoms with Gasteiger partial charge in [0.2, 0.25) is 17.8 Å². The van der Waals surface area contributed by atoms with Crippen LogP contribution in [0.1, 0.15) is 74.0 Å². The molecule has 246 valence electrons. The lowest BCUT2D eigenvalue weighted by atomic mass is 9.89. The normalized spacial score (nSPS) is 20.2. The van der Waals surface area contributed by atoms with Crippen LogP contribution in [0.3, 0.4) is 0 Å². The quantitative estimate of drug-likeness (QED) is 0.335. The first-order chi connectivity index (χ1) is 21.2. The maximum Gasteiger partial charge on any atom is 0.419 e. The average molecular weight is 632 g/mol. The van der Waals surface area contributed by atoms with Crippen LogP contribution < -0.4 is 16.4 Å². The van der Waals surface area contributed by atoms with E-state index in [1.807, 2.05) is 20.9 Å². The van der Waals surface area contributed by atoms with Crippen LogP contribution in [-0.4, -0.2) is 76.8 Å². The minimum absolute atomic E-state index is 0.0229. The third kappa shape index (κ3) is 8.93. The fourth-order valence-electron chi connectivity index (χ4n) is 6.32. The van der Waals surface area contributed by atoms with Crippen LogP contribution in [0.15, 0.2) is 30.5 Å². The first-order valence-corrected chi connectivity index (χ1v) is 15.6. The SMILES string of the molecule is CC(C)C[C@H](NC(=O)[C@H]1CCC[C@H]1Cc1nc(Nc2ccc(C(=O)N(C)C3CCN(C)CC3)cc2)ncc1C(F)(F)F)C(N)=O. The molecule has 2 aromatic rings. The first kappa shape index (κ1) is 34.1. The number of nitrogens with one attached hydrogen (secondary N) is 2. The largest absolute Gasteiger partial charge is 0.419 e. The second-order valence-corrected chi connectivity index (χ2v) is 12.8. The molecule has 0 spiro atoms. The second-order valence-electron chi connectivity index (χ2n) is 12.8. The molecular weight excluding hydrogens is 587 g/mol. The van der Waals surface area contributed by atoms with E-state index in [-0.39, 0.29) is 41.8 Å². The van der Waals surface area contributed by atoms with Gasteiger partial charge in [-0.25, -0.2) is 9.97 Å². The lowest BCUT2D eigenvalue weighted by molar-refractivity contribution is -0.138. The molecule has 45 heavy (non-hydrogen) atoms. The van der Waals surface area contributed by atoms with E-state index in [0.717, 1.165) is 32.1 Å². The Kier molecular flexibility index (Phi) is 11.1. The number of hydrogen-bond donors (Lipinski definition) is 3. The Morgan fingerprint density at radius 3 is 2.36 bits per heavy atom. The maximum atomic E-state index is 14.0. The van der Waals surface area contributed by atoms with Crippen molar-refractivity contribution in [2.24, 2.45) is 23.5 Å². The summed E-state index contributed by atoms with van der Waals surface area (Å²) in [5, 5.41) is 5.68. The summed E-state index contributed by atoms with van der Waals surface area (Å²) in [5.41, 5.74) is 5.35. The number of likely N-dealkylation sites (tertiary alicyclic amines) is 1. The van der Waals surface area contributed by atoms with Crippen LogP contribution in [0.25, 0.3) is 0 Å². The molecule has 2 heterocycles. The number of amides is 3. The van der Waals surface area contributed by atoms with E-state index in [0.29, 0.717) is 36.9 Å². The van der Waals surface area contributed by atoms with Crippen molar-refractivity contribution in [2.45, 2.75) is 77.1 Å². The standard InChI is InChI=1S/C32H44F3N7O3/c1-19(2)16-27(28(36)43)39-29(44)24-7-5-6-21(24)17-26-25(32(33,34)35)18-37-31(40-26)38-22-10-8-20(9-11-22)30(45)42(4)23-12-14-41(3)15-13-23/h8-11,18-19,21,23-24,27H,5-7,12-17H2,1-4H3,(H2,36,43)(H,39,44)(H,37,38,40)/t21-,24-,27-/m0/s1. The zero-order valence-corrected chi connectivity index (χ0v) is 26.4. The number of halogens is 3. The molecule has 4 N–H and O–H groups in total. The predicted molar refractivity (Wildman–Crippen MR) is 164 cm³/mol. The second kappa shape index (κ2) is 14.6. The summed E-state index contributed by atoms with van der Waals surface area (Å²) in [6, 6.07) is 6.00. The highest BCUT2D eigenvalue weighted by molar-refractivity contribution is 5.94. The third-order valence-corrected chi connectivity index (χ3v) is 8.94. The third-order valence-electron chi connectivity index (χ3n) is 8.94. The first-order valence-electron chi connectivity index (χ1n) is 15.6. The number of carbonyl (C=O) groups is 3. The van der Waals surface area contributed by atoms with E-state index in [1.54, 1.807) is 29.2 Å². The Bertz CT molecular complexity index is 1340. The van der Waals surface area contributed by atoms with Crippen molar-refractivity contribution < 1.29 is 27.6 Å². The Labute approximate surface area is 262 Å². The van der Waals surface area contributed by atoms with E-state index >= 15 is 0 Å². The fourth-order valence-corrected chi connectivity index (χ4v) is 6.32. The van der Waals surface area contributed by atoms with Crippen LogP contribution in [0.5, 0.6) is 0 Å². The summed E-state index contributed by atoms with van der Waals surface area (Å²) >= 11 is 0. The van der Waals surface area contributed by atoms with Crippen molar-refractivity contribution in [2.75, 3.05) is 32.5 Å². The molecule has 2 aliphatic rings. The highest BCUT2D eigenvalue weighted by atomic mass is 19.4. The van der Waals surface area contributed by atoms with Crippen LogP contribution in [0.2, 0.25) is 0 Å². The number of hydrogen-bond acceptors (Lipinski definition) is 7. The topological polar surface area (TPSA) is 134 Å². The van der Waals surface area contributed by atoms with Crippen LogP contribution >= 0.6 is 0 Å². The zero-order chi connectivity index (χ0) is 32.9. The zero-order valence-electron chi connectivity index (χ0n) is 26.4. The minimum atomic E-state index is -4.68. The van der Waals surface area contributed by atoms with E-state index in [2.05, 4.69) is 32.5 Å². The van der Waals surface area contributed by atoms with Crippen molar-refractivity contribution >= 4 is 29.4 Å². The summed E-state index contributed by atoms with van der Waals surface area (Å²) < 4.78 is 42.0. The van der Waals surface area contributed by atoms with Gasteiger partial charge in [-0.3, -0.25) is 14.4 Å². The van der Waals surface area contributed by atoms with E-state index in [9.17, 15) is 27.6 Å². The smallest absolute Gasteiger partial charge is 0.368 e. The van der Waals surface area contributed by atoms with Gasteiger partial charge in [-0.05, 0) is 94.8 Å². The highest BCUT2D eigenvalue weighted by Crippen LogP contribution is 2.38. The molecule has 1 saturated heterocycles. The molecule has 0 radical (unpaired) electrons. The number of nitrogens with two attached hydrogens (primary N) is 1. The van der Waals surface area contributed by atoms with E-state index in [4.69, 9.17) is 5.73 Å². The molecule has 3 amide bonds. The van der Waals surface area contributed by atoms with Gasteiger partial charge in [0.1, 0.15) is 6.04 Å². The van der Waals surface area contributed by atoms with Gasteiger partial charge in [0.15, 0.2) is 0 Å². The molecule has 1 saturated carbocycles. The molecule has 4 rings (SSSR count). The molecule has 10 nitrogen and oxygen atoms in total. The minimum Gasteiger partial charge on any atom is -0.368 e. The lowest BCUT2D eigenvalue weighted by Crippen LogP contribution is -2.48. The lowest BCUT2D eigenvalue weighted by Gasteiger charge is -2.35. The monoisotopic (exact) mass is 631 g/mol. The predicted octanol–water partition coefficient (Wildman–Crippen LogP) is 4.38. The molecule has 2 fully saturated rings. The number of anilines is 2. The van der Waals surface area contributed by atoms with Crippen molar-refractivity contribution in [3.63, 3.8) is 0 Å². The molecule has 0 bridgehead atoms. The molecule has 1 aliphatic carbocycles. The molecule has 1 aromatic carbocycles. The van der Waals surface area contributed by atoms with E-state index < -0.39 is 35.5 Å². The van der Waals surface area contributed by atoms with Crippen LogP contribution in [0.4, 0.5) is 24.8 Å². The molecular formula is C32H44F3N7O3. The van der Waals surface area contributed by atoms with Gasteiger partial charge < -0.3 is 26.2 Å². The number of alkyl halides is 3. The van der Waals surface area contributed by atoms with Crippen molar-refractivity contribution in [1.29, 1.82) is 0 Å². The average Bonchev–Trinajstić information content (AvgIpc) is 3.44. The van der Waals surface area contributed by atoms with E-state index in [1.165, 1.54) is 0 Å². The van der Waals surface area contributed by atoms with Gasteiger partial charge in [-0.2, -0.15) is 13.2 Å². The summed E-state index contributed by atoms with van der Waals surface area (Å²) in [7, 11) is 3.87. The molecule has 0 unspecified atom stereocenters. The van der Waals surface area contributed by atoms with Gasteiger partial charge >= 0.3 is 6.18 Å².